The Balaban J connectivity index is 1.58. The molecule has 0 fully saturated rings. The second-order valence-electron chi connectivity index (χ2n) is 6.95. The van der Waals surface area contributed by atoms with Crippen molar-refractivity contribution in [2.75, 3.05) is 11.9 Å². The first-order valence-corrected chi connectivity index (χ1v) is 10.2. The summed E-state index contributed by atoms with van der Waals surface area (Å²) < 4.78 is 11.2. The minimum atomic E-state index is -0.549. The van der Waals surface area contributed by atoms with Crippen molar-refractivity contribution in [2.24, 2.45) is 0 Å². The first kappa shape index (κ1) is 22.6. The molecule has 0 saturated carbocycles. The maximum Gasteiger partial charge on any atom is 0.296 e. The molecule has 0 heterocycles. The number of benzene rings is 3. The average Bonchev–Trinajstić information content (AvgIpc) is 2.82. The van der Waals surface area contributed by atoms with Gasteiger partial charge in [-0.1, -0.05) is 49.4 Å². The number of carbonyl (C=O) groups is 1. The number of amides is 1. The van der Waals surface area contributed by atoms with Crippen LogP contribution in [0.25, 0.3) is 6.08 Å². The van der Waals surface area contributed by atoms with Crippen LogP contribution in [0.3, 0.4) is 0 Å². The normalized spacial score (nSPS) is 10.7. The largest absolute Gasteiger partial charge is 0.493 e. The Hall–Kier alpha value is -4.13. The first-order chi connectivity index (χ1) is 15.5. The summed E-state index contributed by atoms with van der Waals surface area (Å²) in [6.45, 7) is 2.88. The molecule has 0 bridgehead atoms. The van der Waals surface area contributed by atoms with Gasteiger partial charge in [0.25, 0.3) is 5.69 Å². The molecule has 0 atom stereocenters. The molecule has 0 aliphatic rings. The summed E-state index contributed by atoms with van der Waals surface area (Å²) in [5, 5.41) is 13.9. The van der Waals surface area contributed by atoms with E-state index in [0.29, 0.717) is 19.0 Å². The molecule has 164 valence electrons. The van der Waals surface area contributed by atoms with Crippen LogP contribution in [0.4, 0.5) is 11.4 Å². The number of nitro benzene ring substituents is 1. The van der Waals surface area contributed by atoms with Gasteiger partial charge in [0.1, 0.15) is 23.8 Å². The fourth-order valence-electron chi connectivity index (χ4n) is 2.84. The van der Waals surface area contributed by atoms with Gasteiger partial charge in [-0.2, -0.15) is 0 Å². The van der Waals surface area contributed by atoms with Crippen LogP contribution in [0, 0.1) is 10.1 Å². The average molecular weight is 432 g/mol. The van der Waals surface area contributed by atoms with Crippen LogP contribution in [0.15, 0.2) is 78.9 Å². The lowest BCUT2D eigenvalue weighted by Gasteiger charge is -2.08. The summed E-state index contributed by atoms with van der Waals surface area (Å²) in [5.41, 5.74) is 1.76. The van der Waals surface area contributed by atoms with Crippen molar-refractivity contribution < 1.29 is 19.2 Å². The maximum atomic E-state index is 12.3. The number of hydrogen-bond acceptors (Lipinski definition) is 5. The van der Waals surface area contributed by atoms with E-state index in [1.807, 2.05) is 61.5 Å². The minimum absolute atomic E-state index is 0.109. The number of anilines is 1. The number of nitro groups is 1. The number of hydrogen-bond donors (Lipinski definition) is 1. The molecule has 0 spiro atoms. The molecule has 32 heavy (non-hydrogen) atoms. The van der Waals surface area contributed by atoms with E-state index in [0.717, 1.165) is 23.3 Å². The van der Waals surface area contributed by atoms with Crippen molar-refractivity contribution in [1.82, 2.24) is 0 Å². The molecule has 7 heteroatoms. The van der Waals surface area contributed by atoms with E-state index in [1.165, 1.54) is 18.2 Å². The van der Waals surface area contributed by atoms with Gasteiger partial charge in [-0.3, -0.25) is 14.9 Å². The molecule has 0 radical (unpaired) electrons. The number of carbonyl (C=O) groups excluding carboxylic acids is 1. The second kappa shape index (κ2) is 11.3. The van der Waals surface area contributed by atoms with E-state index < -0.39 is 10.8 Å². The highest BCUT2D eigenvalue weighted by molar-refractivity contribution is 6.03. The van der Waals surface area contributed by atoms with E-state index in [9.17, 15) is 14.9 Å². The monoisotopic (exact) mass is 432 g/mol. The molecule has 0 unspecified atom stereocenters. The van der Waals surface area contributed by atoms with Gasteiger partial charge in [0.05, 0.1) is 17.6 Å². The van der Waals surface area contributed by atoms with Crippen LogP contribution in [0.2, 0.25) is 0 Å². The molecule has 1 amide bonds. The van der Waals surface area contributed by atoms with Crippen LogP contribution in [0.5, 0.6) is 11.5 Å². The lowest BCUT2D eigenvalue weighted by molar-refractivity contribution is -0.384. The second-order valence-corrected chi connectivity index (χ2v) is 6.95. The van der Waals surface area contributed by atoms with E-state index in [1.54, 1.807) is 12.1 Å². The smallest absolute Gasteiger partial charge is 0.296 e. The molecule has 0 aromatic heterocycles. The maximum absolute atomic E-state index is 12.3. The van der Waals surface area contributed by atoms with Gasteiger partial charge in [-0.25, -0.2) is 0 Å². The van der Waals surface area contributed by atoms with Gasteiger partial charge in [0.2, 0.25) is 5.91 Å². The fraction of sp³-hybridized carbons (Fsp3) is 0.160. The Morgan fingerprint density at radius 3 is 2.41 bits per heavy atom. The Morgan fingerprint density at radius 1 is 1.00 bits per heavy atom. The predicted molar refractivity (Wildman–Crippen MR) is 124 cm³/mol. The number of rotatable bonds is 10. The molecule has 0 saturated heterocycles. The van der Waals surface area contributed by atoms with Crippen LogP contribution in [0.1, 0.15) is 24.5 Å². The Kier molecular flexibility index (Phi) is 7.97. The highest BCUT2D eigenvalue weighted by Crippen LogP contribution is 2.29. The summed E-state index contributed by atoms with van der Waals surface area (Å²) in [4.78, 5) is 23.1. The summed E-state index contributed by atoms with van der Waals surface area (Å²) >= 11 is 0. The molecule has 0 aliphatic heterocycles. The fourth-order valence-corrected chi connectivity index (χ4v) is 2.84. The zero-order valence-corrected chi connectivity index (χ0v) is 17.7. The Labute approximate surface area is 186 Å². The molecule has 3 rings (SSSR count). The molecular weight excluding hydrogens is 408 g/mol. The minimum Gasteiger partial charge on any atom is -0.493 e. The molecule has 3 aromatic rings. The summed E-state index contributed by atoms with van der Waals surface area (Å²) in [6, 6.07) is 21.5. The molecular formula is C25H24N2O5. The molecule has 7 nitrogen and oxygen atoms in total. The predicted octanol–water partition coefficient (Wildman–Crippen LogP) is 5.61. The van der Waals surface area contributed by atoms with Crippen LogP contribution in [-0.2, 0) is 11.4 Å². The molecule has 1 N–H and O–H groups in total. The number of ether oxygens (including phenoxy) is 2. The van der Waals surface area contributed by atoms with Gasteiger partial charge >= 0.3 is 0 Å². The quantitative estimate of drug-likeness (QED) is 0.255. The summed E-state index contributed by atoms with van der Waals surface area (Å²) in [6.07, 6.45) is 3.74. The van der Waals surface area contributed by atoms with Gasteiger partial charge in [-0.05, 0) is 47.9 Å². The van der Waals surface area contributed by atoms with Gasteiger partial charge in [0, 0.05) is 6.08 Å². The van der Waals surface area contributed by atoms with Crippen molar-refractivity contribution in [3.05, 3.63) is 100 Å². The van der Waals surface area contributed by atoms with Gasteiger partial charge in [0.15, 0.2) is 0 Å². The molecule has 3 aromatic carbocycles. The van der Waals surface area contributed by atoms with Crippen molar-refractivity contribution in [3.8, 4) is 11.5 Å². The van der Waals surface area contributed by atoms with Crippen LogP contribution < -0.4 is 14.8 Å². The van der Waals surface area contributed by atoms with Crippen LogP contribution in [-0.4, -0.2) is 17.4 Å². The van der Waals surface area contributed by atoms with E-state index in [4.69, 9.17) is 9.47 Å². The third-order valence-electron chi connectivity index (χ3n) is 4.45. The third kappa shape index (κ3) is 6.70. The third-order valence-corrected chi connectivity index (χ3v) is 4.45. The van der Waals surface area contributed by atoms with Crippen molar-refractivity contribution >= 4 is 23.4 Å². The highest BCUT2D eigenvalue weighted by atomic mass is 16.6. The van der Waals surface area contributed by atoms with E-state index in [-0.39, 0.29) is 11.4 Å². The van der Waals surface area contributed by atoms with Gasteiger partial charge < -0.3 is 14.8 Å². The highest BCUT2D eigenvalue weighted by Gasteiger charge is 2.16. The summed E-state index contributed by atoms with van der Waals surface area (Å²) in [5.74, 6) is 0.637. The van der Waals surface area contributed by atoms with Crippen molar-refractivity contribution in [3.63, 3.8) is 0 Å². The van der Waals surface area contributed by atoms with Crippen molar-refractivity contribution in [1.29, 1.82) is 0 Å². The Bertz CT molecular complexity index is 1080. The number of nitrogens with one attached hydrogen (secondary N) is 1. The zero-order chi connectivity index (χ0) is 22.8. The first-order valence-electron chi connectivity index (χ1n) is 10.2. The zero-order valence-electron chi connectivity index (χ0n) is 17.7. The van der Waals surface area contributed by atoms with Crippen molar-refractivity contribution in [2.45, 2.75) is 20.0 Å². The topological polar surface area (TPSA) is 90.7 Å². The van der Waals surface area contributed by atoms with Crippen LogP contribution >= 0.6 is 0 Å². The van der Waals surface area contributed by atoms with Gasteiger partial charge in [-0.15, -0.1) is 0 Å². The summed E-state index contributed by atoms with van der Waals surface area (Å²) in [7, 11) is 0. The number of nitrogens with zero attached hydrogens (tertiary/aromatic N) is 1. The van der Waals surface area contributed by atoms with E-state index >= 15 is 0 Å². The standard InChI is InChI=1S/C25H24N2O5/c1-2-16-31-22-13-14-23(24(17-22)27(29)30)26-25(28)15-10-19-8-11-21(12-9-19)32-18-20-6-4-3-5-7-20/h3-15,17H,2,16,18H2,1H3,(H,26,28)/b15-10+. The van der Waals surface area contributed by atoms with E-state index in [2.05, 4.69) is 5.32 Å². The lowest BCUT2D eigenvalue weighted by Crippen LogP contribution is -2.10. The SMILES string of the molecule is CCCOc1ccc(NC(=O)/C=C/c2ccc(OCc3ccccc3)cc2)c([N+](=O)[O-])c1. The molecule has 0 aliphatic carbocycles. The Morgan fingerprint density at radius 2 is 1.72 bits per heavy atom. The lowest BCUT2D eigenvalue weighted by atomic mass is 10.2.